The highest BCUT2D eigenvalue weighted by atomic mass is 19.1. The molecule has 7 nitrogen and oxygen atoms in total. The van der Waals surface area contributed by atoms with Gasteiger partial charge in [0, 0.05) is 31.6 Å². The Kier molecular flexibility index (Phi) is 7.86. The molecule has 0 aliphatic rings. The van der Waals surface area contributed by atoms with Crippen molar-refractivity contribution in [1.29, 1.82) is 0 Å². The van der Waals surface area contributed by atoms with Gasteiger partial charge in [0.2, 0.25) is 5.91 Å². The summed E-state index contributed by atoms with van der Waals surface area (Å²) in [5, 5.41) is 5.66. The van der Waals surface area contributed by atoms with Crippen LogP contribution in [-0.4, -0.2) is 26.0 Å². The van der Waals surface area contributed by atoms with Crippen LogP contribution in [0, 0.1) is 12.7 Å². The van der Waals surface area contributed by atoms with Crippen LogP contribution in [-0.2, 0) is 17.9 Å². The van der Waals surface area contributed by atoms with Crippen molar-refractivity contribution in [3.8, 4) is 22.6 Å². The summed E-state index contributed by atoms with van der Waals surface area (Å²) in [7, 11) is 3.10. The molecule has 0 radical (unpaired) electrons. The molecule has 3 rings (SSSR count). The zero-order valence-corrected chi connectivity index (χ0v) is 19.6. The predicted octanol–water partition coefficient (Wildman–Crippen LogP) is 4.17. The second-order valence-electron chi connectivity index (χ2n) is 7.81. The topological polar surface area (TPSA) is 103 Å². The van der Waals surface area contributed by atoms with Crippen LogP contribution in [0.1, 0.15) is 34.0 Å². The number of nitrogens with two attached hydrogens (primary N) is 1. The van der Waals surface area contributed by atoms with Gasteiger partial charge in [-0.15, -0.1) is 0 Å². The van der Waals surface area contributed by atoms with Gasteiger partial charge in [0.05, 0.1) is 25.5 Å². The van der Waals surface area contributed by atoms with Gasteiger partial charge in [-0.1, -0.05) is 6.07 Å². The van der Waals surface area contributed by atoms with Crippen LogP contribution in [0.25, 0.3) is 11.1 Å². The van der Waals surface area contributed by atoms with E-state index in [0.717, 1.165) is 5.56 Å². The summed E-state index contributed by atoms with van der Waals surface area (Å²) in [5.41, 5.74) is 9.90. The zero-order valence-electron chi connectivity index (χ0n) is 19.6. The number of hydrogen-bond donors (Lipinski definition) is 3. The Labute approximate surface area is 198 Å². The lowest BCUT2D eigenvalue weighted by atomic mass is 9.93. The molecular formula is C26H28FN3O4. The van der Waals surface area contributed by atoms with Gasteiger partial charge in [0.1, 0.15) is 17.3 Å². The molecule has 0 unspecified atom stereocenters. The van der Waals surface area contributed by atoms with Gasteiger partial charge in [0.25, 0.3) is 5.91 Å². The van der Waals surface area contributed by atoms with Crippen molar-refractivity contribution in [2.45, 2.75) is 26.9 Å². The Morgan fingerprint density at radius 3 is 2.18 bits per heavy atom. The molecule has 4 N–H and O–H groups in total. The standard InChI is InChI=1S/C26H28FN3O4/c1-15-7-19(27)5-6-22(15)23-10-17(13-28)11-24(25(23)30-16(2)31)26(32)29-14-18-8-20(33-3)12-21(9-18)34-4/h5-12H,13-14,28H2,1-4H3,(H,29,32)(H,30,31). The number of methoxy groups -OCH3 is 2. The third-order valence-corrected chi connectivity index (χ3v) is 5.32. The average Bonchev–Trinajstić information content (AvgIpc) is 2.82. The first kappa shape index (κ1) is 24.7. The van der Waals surface area contributed by atoms with Crippen LogP contribution < -0.4 is 25.8 Å². The molecule has 8 heteroatoms. The van der Waals surface area contributed by atoms with Gasteiger partial charge in [-0.3, -0.25) is 9.59 Å². The van der Waals surface area contributed by atoms with E-state index in [1.807, 2.05) is 0 Å². The van der Waals surface area contributed by atoms with E-state index in [0.29, 0.717) is 39.4 Å². The smallest absolute Gasteiger partial charge is 0.253 e. The molecule has 0 fully saturated rings. The van der Waals surface area contributed by atoms with Crippen molar-refractivity contribution < 1.29 is 23.5 Å². The van der Waals surface area contributed by atoms with E-state index >= 15 is 0 Å². The normalized spacial score (nSPS) is 10.5. The van der Waals surface area contributed by atoms with Gasteiger partial charge >= 0.3 is 0 Å². The van der Waals surface area contributed by atoms with Crippen LogP contribution in [0.3, 0.4) is 0 Å². The van der Waals surface area contributed by atoms with E-state index in [1.165, 1.54) is 19.1 Å². The summed E-state index contributed by atoms with van der Waals surface area (Å²) >= 11 is 0. The van der Waals surface area contributed by atoms with E-state index in [2.05, 4.69) is 10.6 Å². The SMILES string of the molecule is COc1cc(CNC(=O)c2cc(CN)cc(-c3ccc(F)cc3C)c2NC(C)=O)cc(OC)c1. The number of carbonyl (C=O) groups excluding carboxylic acids is 2. The van der Waals surface area contributed by atoms with E-state index in [-0.39, 0.29) is 30.4 Å². The molecule has 0 saturated heterocycles. The maximum Gasteiger partial charge on any atom is 0.253 e. The van der Waals surface area contributed by atoms with Crippen molar-refractivity contribution in [3.63, 3.8) is 0 Å². The number of benzene rings is 3. The minimum atomic E-state index is -0.401. The molecule has 0 aliphatic carbocycles. The number of anilines is 1. The lowest BCUT2D eigenvalue weighted by Gasteiger charge is -2.19. The summed E-state index contributed by atoms with van der Waals surface area (Å²) in [6.45, 7) is 3.51. The molecule has 0 saturated carbocycles. The first-order valence-corrected chi connectivity index (χ1v) is 10.7. The van der Waals surface area contributed by atoms with Gasteiger partial charge < -0.3 is 25.8 Å². The quantitative estimate of drug-likeness (QED) is 0.464. The van der Waals surface area contributed by atoms with E-state index in [1.54, 1.807) is 57.5 Å². The van der Waals surface area contributed by atoms with Crippen LogP contribution in [0.2, 0.25) is 0 Å². The largest absolute Gasteiger partial charge is 0.497 e. The Morgan fingerprint density at radius 1 is 0.941 bits per heavy atom. The third kappa shape index (κ3) is 5.71. The number of halogens is 1. The van der Waals surface area contributed by atoms with Crippen LogP contribution >= 0.6 is 0 Å². The molecule has 0 aromatic heterocycles. The summed E-state index contributed by atoms with van der Waals surface area (Å²) in [6, 6.07) is 13.1. The number of nitrogens with one attached hydrogen (secondary N) is 2. The molecule has 2 amide bonds. The predicted molar refractivity (Wildman–Crippen MR) is 129 cm³/mol. The Hall–Kier alpha value is -3.91. The molecule has 34 heavy (non-hydrogen) atoms. The molecule has 0 aliphatic heterocycles. The summed E-state index contributed by atoms with van der Waals surface area (Å²) in [5.74, 6) is 0.0856. The van der Waals surface area contributed by atoms with E-state index < -0.39 is 5.91 Å². The van der Waals surface area contributed by atoms with Crippen molar-refractivity contribution in [2.24, 2.45) is 5.73 Å². The van der Waals surface area contributed by atoms with Crippen molar-refractivity contribution in [3.05, 3.63) is 76.6 Å². The second-order valence-corrected chi connectivity index (χ2v) is 7.81. The highest BCUT2D eigenvalue weighted by Crippen LogP contribution is 2.35. The van der Waals surface area contributed by atoms with E-state index in [9.17, 15) is 14.0 Å². The minimum Gasteiger partial charge on any atom is -0.497 e. The Balaban J connectivity index is 2.04. The first-order valence-electron chi connectivity index (χ1n) is 10.7. The first-order chi connectivity index (χ1) is 16.2. The van der Waals surface area contributed by atoms with Crippen LogP contribution in [0.15, 0.2) is 48.5 Å². The highest BCUT2D eigenvalue weighted by molar-refractivity contribution is 6.07. The van der Waals surface area contributed by atoms with E-state index in [4.69, 9.17) is 15.2 Å². The number of amides is 2. The van der Waals surface area contributed by atoms with Gasteiger partial charge in [0.15, 0.2) is 0 Å². The van der Waals surface area contributed by atoms with Gasteiger partial charge in [-0.05, 0) is 65.6 Å². The van der Waals surface area contributed by atoms with Gasteiger partial charge in [-0.25, -0.2) is 4.39 Å². The highest BCUT2D eigenvalue weighted by Gasteiger charge is 2.20. The van der Waals surface area contributed by atoms with Crippen LogP contribution in [0.5, 0.6) is 11.5 Å². The second kappa shape index (κ2) is 10.8. The molecular weight excluding hydrogens is 437 g/mol. The average molecular weight is 466 g/mol. The summed E-state index contributed by atoms with van der Waals surface area (Å²) in [4.78, 5) is 25.3. The fourth-order valence-electron chi connectivity index (χ4n) is 3.70. The number of carbonyl (C=O) groups is 2. The molecule has 0 spiro atoms. The maximum absolute atomic E-state index is 13.7. The number of rotatable bonds is 8. The fraction of sp³-hybridized carbons (Fsp3) is 0.231. The van der Waals surface area contributed by atoms with Crippen molar-refractivity contribution in [2.75, 3.05) is 19.5 Å². The Morgan fingerprint density at radius 2 is 1.62 bits per heavy atom. The monoisotopic (exact) mass is 465 g/mol. The molecule has 3 aromatic rings. The Bertz CT molecular complexity index is 1200. The fourth-order valence-corrected chi connectivity index (χ4v) is 3.70. The van der Waals surface area contributed by atoms with Gasteiger partial charge in [-0.2, -0.15) is 0 Å². The van der Waals surface area contributed by atoms with Crippen molar-refractivity contribution in [1.82, 2.24) is 5.32 Å². The zero-order chi connectivity index (χ0) is 24.8. The molecule has 0 atom stereocenters. The molecule has 3 aromatic carbocycles. The molecule has 178 valence electrons. The molecule has 0 heterocycles. The lowest BCUT2D eigenvalue weighted by molar-refractivity contribution is -0.114. The van der Waals surface area contributed by atoms with Crippen LogP contribution in [0.4, 0.5) is 10.1 Å². The van der Waals surface area contributed by atoms with Crippen molar-refractivity contribution >= 4 is 17.5 Å². The lowest BCUT2D eigenvalue weighted by Crippen LogP contribution is -2.25. The third-order valence-electron chi connectivity index (χ3n) is 5.32. The minimum absolute atomic E-state index is 0.182. The number of aryl methyl sites for hydroxylation is 1. The maximum atomic E-state index is 13.7. The molecule has 0 bridgehead atoms. The number of ether oxygens (including phenoxy) is 2. The summed E-state index contributed by atoms with van der Waals surface area (Å²) < 4.78 is 24.3. The summed E-state index contributed by atoms with van der Waals surface area (Å²) in [6.07, 6.45) is 0. The number of hydrogen-bond acceptors (Lipinski definition) is 5.